The van der Waals surface area contributed by atoms with Crippen molar-refractivity contribution in [2.75, 3.05) is 7.11 Å². The Morgan fingerprint density at radius 1 is 1.40 bits per heavy atom. The van der Waals surface area contributed by atoms with Crippen molar-refractivity contribution in [1.29, 1.82) is 0 Å². The van der Waals surface area contributed by atoms with Crippen molar-refractivity contribution >= 4 is 27.0 Å². The fourth-order valence-corrected chi connectivity index (χ4v) is 3.46. The molecule has 0 bridgehead atoms. The van der Waals surface area contributed by atoms with Crippen LogP contribution in [0.25, 0.3) is 11.0 Å². The van der Waals surface area contributed by atoms with Crippen molar-refractivity contribution in [3.05, 3.63) is 32.7 Å². The number of hydrogen-bond donors (Lipinski definition) is 3. The third kappa shape index (κ3) is 2.32. The topological polar surface area (TPSA) is 78.1 Å². The van der Waals surface area contributed by atoms with Gasteiger partial charge in [-0.3, -0.25) is 0 Å². The first-order valence-electron chi connectivity index (χ1n) is 6.68. The average molecular weight is 341 g/mol. The summed E-state index contributed by atoms with van der Waals surface area (Å²) in [6.45, 7) is 0. The van der Waals surface area contributed by atoms with Crippen LogP contribution in [0.1, 0.15) is 37.4 Å². The summed E-state index contributed by atoms with van der Waals surface area (Å²) in [5.74, 6) is 0. The number of benzene rings is 1. The summed E-state index contributed by atoms with van der Waals surface area (Å²) < 4.78 is 6.35. The maximum Gasteiger partial charge on any atom is 0.323 e. The van der Waals surface area contributed by atoms with E-state index in [1.165, 1.54) is 0 Å². The molecule has 2 aromatic rings. The zero-order chi connectivity index (χ0) is 14.3. The van der Waals surface area contributed by atoms with Gasteiger partial charge in [-0.1, -0.05) is 15.9 Å². The van der Waals surface area contributed by atoms with Crippen molar-refractivity contribution < 1.29 is 9.84 Å². The number of methoxy groups -OCH3 is 1. The molecule has 1 aliphatic rings. The molecule has 3 rings (SSSR count). The van der Waals surface area contributed by atoms with E-state index in [-0.39, 0.29) is 11.3 Å². The zero-order valence-corrected chi connectivity index (χ0v) is 12.8. The van der Waals surface area contributed by atoms with Crippen LogP contribution in [-0.4, -0.2) is 27.8 Å². The Labute approximate surface area is 124 Å². The first kappa shape index (κ1) is 13.9. The molecule has 5 nitrogen and oxygen atoms in total. The number of hydrogen-bond acceptors (Lipinski definition) is 3. The minimum atomic E-state index is -0.618. The number of halogens is 1. The van der Waals surface area contributed by atoms with E-state index >= 15 is 0 Å². The standard InChI is InChI=1S/C14H17BrN2O3/c1-20-14(3-2-4-14)7-12(18)8-5-10-11(6-9(8)15)17-13(19)16-10/h5-6,12,18H,2-4,7H2,1H3,(H2,16,17,19). The van der Waals surface area contributed by atoms with E-state index in [2.05, 4.69) is 25.9 Å². The molecule has 1 unspecified atom stereocenters. The van der Waals surface area contributed by atoms with Crippen LogP contribution in [0.15, 0.2) is 21.4 Å². The SMILES string of the molecule is COC1(CC(O)c2cc3[nH]c(=O)[nH]c3cc2Br)CCC1. The van der Waals surface area contributed by atoms with E-state index in [0.717, 1.165) is 34.8 Å². The van der Waals surface area contributed by atoms with Gasteiger partial charge in [-0.2, -0.15) is 0 Å². The van der Waals surface area contributed by atoms with Crippen molar-refractivity contribution in [2.24, 2.45) is 0 Å². The highest BCUT2D eigenvalue weighted by atomic mass is 79.9. The molecule has 0 saturated heterocycles. The van der Waals surface area contributed by atoms with Crippen molar-refractivity contribution in [2.45, 2.75) is 37.4 Å². The van der Waals surface area contributed by atoms with Gasteiger partial charge in [0, 0.05) is 18.0 Å². The normalized spacial score (nSPS) is 18.9. The molecular weight excluding hydrogens is 324 g/mol. The number of aliphatic hydroxyl groups is 1. The van der Waals surface area contributed by atoms with Gasteiger partial charge in [0.2, 0.25) is 0 Å². The van der Waals surface area contributed by atoms with Gasteiger partial charge in [-0.15, -0.1) is 0 Å². The monoisotopic (exact) mass is 340 g/mol. The Kier molecular flexibility index (Phi) is 3.48. The Hall–Kier alpha value is -1.11. The van der Waals surface area contributed by atoms with Gasteiger partial charge in [-0.05, 0) is 37.0 Å². The predicted octanol–water partition coefficient (Wildman–Crippen LogP) is 2.61. The molecule has 1 saturated carbocycles. The van der Waals surface area contributed by atoms with Crippen LogP contribution in [0.5, 0.6) is 0 Å². The Bertz CT molecular complexity index is 682. The summed E-state index contributed by atoms with van der Waals surface area (Å²) in [4.78, 5) is 16.7. The lowest BCUT2D eigenvalue weighted by atomic mass is 9.75. The van der Waals surface area contributed by atoms with Crippen molar-refractivity contribution in [1.82, 2.24) is 9.97 Å². The summed E-state index contributed by atoms with van der Waals surface area (Å²) in [6.07, 6.45) is 3.07. The fraction of sp³-hybridized carbons (Fsp3) is 0.500. The highest BCUT2D eigenvalue weighted by Crippen LogP contribution is 2.43. The maximum absolute atomic E-state index is 11.3. The molecule has 1 aromatic carbocycles. The summed E-state index contributed by atoms with van der Waals surface area (Å²) in [5, 5.41) is 10.5. The zero-order valence-electron chi connectivity index (χ0n) is 11.2. The molecule has 1 heterocycles. The lowest BCUT2D eigenvalue weighted by Gasteiger charge is -2.42. The molecule has 6 heteroatoms. The van der Waals surface area contributed by atoms with Crippen LogP contribution in [0.4, 0.5) is 0 Å². The molecule has 1 atom stereocenters. The van der Waals surface area contributed by atoms with E-state index in [0.29, 0.717) is 11.9 Å². The van der Waals surface area contributed by atoms with Gasteiger partial charge in [0.15, 0.2) is 0 Å². The van der Waals surface area contributed by atoms with E-state index in [9.17, 15) is 9.90 Å². The van der Waals surface area contributed by atoms with Crippen LogP contribution >= 0.6 is 15.9 Å². The Balaban J connectivity index is 1.92. The van der Waals surface area contributed by atoms with Gasteiger partial charge in [0.1, 0.15) is 0 Å². The van der Waals surface area contributed by atoms with Crippen LogP contribution < -0.4 is 5.69 Å². The third-order valence-corrected chi connectivity index (χ3v) is 4.94. The molecule has 0 aliphatic heterocycles. The fourth-order valence-electron chi connectivity index (χ4n) is 2.85. The highest BCUT2D eigenvalue weighted by molar-refractivity contribution is 9.10. The minimum absolute atomic E-state index is 0.195. The van der Waals surface area contributed by atoms with Crippen LogP contribution in [-0.2, 0) is 4.74 Å². The highest BCUT2D eigenvalue weighted by Gasteiger charge is 2.39. The van der Waals surface area contributed by atoms with Gasteiger partial charge in [-0.25, -0.2) is 4.79 Å². The lowest BCUT2D eigenvalue weighted by Crippen LogP contribution is -2.40. The molecule has 3 N–H and O–H groups in total. The Morgan fingerprint density at radius 2 is 2.05 bits per heavy atom. The molecule has 0 spiro atoms. The van der Waals surface area contributed by atoms with Gasteiger partial charge in [0.05, 0.1) is 22.7 Å². The molecule has 0 amide bonds. The number of imidazole rings is 1. The van der Waals surface area contributed by atoms with Gasteiger partial charge in [0.25, 0.3) is 0 Å². The van der Waals surface area contributed by atoms with E-state index < -0.39 is 6.10 Å². The van der Waals surface area contributed by atoms with E-state index in [1.807, 2.05) is 12.1 Å². The van der Waals surface area contributed by atoms with Crippen molar-refractivity contribution in [3.8, 4) is 0 Å². The number of aromatic nitrogens is 2. The number of aliphatic hydroxyl groups excluding tert-OH is 1. The first-order valence-corrected chi connectivity index (χ1v) is 7.47. The first-order chi connectivity index (χ1) is 9.53. The second kappa shape index (κ2) is 5.02. The quantitative estimate of drug-likeness (QED) is 0.800. The second-order valence-corrected chi connectivity index (χ2v) is 6.31. The molecule has 0 radical (unpaired) electrons. The number of fused-ring (bicyclic) bond motifs is 1. The van der Waals surface area contributed by atoms with Gasteiger partial charge >= 0.3 is 5.69 Å². The molecule has 20 heavy (non-hydrogen) atoms. The predicted molar refractivity (Wildman–Crippen MR) is 79.8 cm³/mol. The molecule has 1 fully saturated rings. The Morgan fingerprint density at radius 3 is 2.60 bits per heavy atom. The average Bonchev–Trinajstić information content (AvgIpc) is 2.71. The number of ether oxygens (including phenoxy) is 1. The summed E-state index contributed by atoms with van der Waals surface area (Å²) in [7, 11) is 1.70. The summed E-state index contributed by atoms with van der Waals surface area (Å²) >= 11 is 3.46. The number of aromatic amines is 2. The third-order valence-electron chi connectivity index (χ3n) is 4.26. The van der Waals surface area contributed by atoms with Crippen LogP contribution in [0.2, 0.25) is 0 Å². The smallest absolute Gasteiger partial charge is 0.323 e. The van der Waals surface area contributed by atoms with E-state index in [1.54, 1.807) is 7.11 Å². The summed E-state index contributed by atoms with van der Waals surface area (Å²) in [5.41, 5.74) is 1.76. The number of nitrogens with one attached hydrogen (secondary N) is 2. The minimum Gasteiger partial charge on any atom is -0.388 e. The number of rotatable bonds is 4. The number of H-pyrrole nitrogens is 2. The molecule has 1 aromatic heterocycles. The maximum atomic E-state index is 11.3. The lowest BCUT2D eigenvalue weighted by molar-refractivity contribution is -0.0999. The van der Waals surface area contributed by atoms with Crippen LogP contribution in [0.3, 0.4) is 0 Å². The summed E-state index contributed by atoms with van der Waals surface area (Å²) in [6, 6.07) is 3.62. The molecule has 108 valence electrons. The second-order valence-electron chi connectivity index (χ2n) is 5.46. The molecular formula is C14H17BrN2O3. The van der Waals surface area contributed by atoms with Crippen molar-refractivity contribution in [3.63, 3.8) is 0 Å². The van der Waals surface area contributed by atoms with Gasteiger partial charge < -0.3 is 19.8 Å². The molecule has 1 aliphatic carbocycles. The largest absolute Gasteiger partial charge is 0.388 e. The van der Waals surface area contributed by atoms with E-state index in [4.69, 9.17) is 4.74 Å². The van der Waals surface area contributed by atoms with Crippen LogP contribution in [0, 0.1) is 0 Å².